The molecule has 1 nitrogen and oxygen atoms in total. The van der Waals surface area contributed by atoms with Gasteiger partial charge in [-0.2, -0.15) is 0 Å². The second-order valence-corrected chi connectivity index (χ2v) is 7.11. The Labute approximate surface area is 171 Å². The van der Waals surface area contributed by atoms with Gasteiger partial charge in [-0.3, -0.25) is 4.79 Å². The maximum atomic E-state index is 14.4. The van der Waals surface area contributed by atoms with Crippen LogP contribution in [-0.2, 0) is 0 Å². The lowest BCUT2D eigenvalue weighted by molar-refractivity contribution is 0.104. The lowest BCUT2D eigenvalue weighted by Gasteiger charge is -2.12. The van der Waals surface area contributed by atoms with Crippen LogP contribution in [0.5, 0.6) is 0 Å². The van der Waals surface area contributed by atoms with E-state index in [9.17, 15) is 9.18 Å². The van der Waals surface area contributed by atoms with Crippen LogP contribution < -0.4 is 0 Å². The zero-order valence-corrected chi connectivity index (χ0v) is 16.3. The molecular formula is C25H14BrFO. The molecule has 0 saturated heterocycles. The largest absolute Gasteiger partial charge is 0.289 e. The third-order valence-electron chi connectivity index (χ3n) is 4.45. The summed E-state index contributed by atoms with van der Waals surface area (Å²) in [7, 11) is 0. The molecule has 0 N–H and O–H groups in total. The van der Waals surface area contributed by atoms with Gasteiger partial charge in [0.25, 0.3) is 0 Å². The fourth-order valence-corrected chi connectivity index (χ4v) is 3.63. The van der Waals surface area contributed by atoms with Gasteiger partial charge in [0, 0.05) is 26.5 Å². The smallest absolute Gasteiger partial charge is 0.194 e. The fourth-order valence-electron chi connectivity index (χ4n) is 3.10. The molecular weight excluding hydrogens is 415 g/mol. The van der Waals surface area contributed by atoms with Gasteiger partial charge >= 0.3 is 0 Å². The summed E-state index contributed by atoms with van der Waals surface area (Å²) in [5.74, 6) is 5.66. The summed E-state index contributed by atoms with van der Waals surface area (Å²) in [6, 6.07) is 25.0. The van der Waals surface area contributed by atoms with Crippen LogP contribution in [0.2, 0.25) is 0 Å². The molecule has 3 heteroatoms. The third-order valence-corrected chi connectivity index (χ3v) is 5.08. The minimum Gasteiger partial charge on any atom is -0.289 e. The van der Waals surface area contributed by atoms with Crippen molar-refractivity contribution in [3.05, 3.63) is 117 Å². The van der Waals surface area contributed by atoms with Gasteiger partial charge in [0.1, 0.15) is 5.82 Å². The highest BCUT2D eigenvalue weighted by molar-refractivity contribution is 9.10. The van der Waals surface area contributed by atoms with Crippen molar-refractivity contribution in [3.63, 3.8) is 0 Å². The molecule has 28 heavy (non-hydrogen) atoms. The number of carbonyl (C=O) groups excluding carboxylic acids is 1. The van der Waals surface area contributed by atoms with E-state index in [1.807, 2.05) is 48.5 Å². The molecule has 0 radical (unpaired) electrons. The van der Waals surface area contributed by atoms with E-state index in [1.54, 1.807) is 30.3 Å². The Kier molecular flexibility index (Phi) is 5.06. The van der Waals surface area contributed by atoms with Crippen LogP contribution >= 0.6 is 15.9 Å². The second-order valence-electron chi connectivity index (χ2n) is 6.25. The van der Waals surface area contributed by atoms with Crippen molar-refractivity contribution in [1.82, 2.24) is 0 Å². The number of carbonyl (C=O) groups is 1. The molecule has 4 aromatic rings. The van der Waals surface area contributed by atoms with E-state index in [-0.39, 0.29) is 11.6 Å². The first-order valence-electron chi connectivity index (χ1n) is 8.72. The summed E-state index contributed by atoms with van der Waals surface area (Å²) in [5, 5.41) is 0.938. The van der Waals surface area contributed by atoms with E-state index in [4.69, 9.17) is 0 Å². The fraction of sp³-hybridized carbons (Fsp3) is 0. The highest BCUT2D eigenvalue weighted by Crippen LogP contribution is 2.32. The molecule has 0 aliphatic heterocycles. The molecule has 0 bridgehead atoms. The van der Waals surface area contributed by atoms with Crippen LogP contribution in [0, 0.1) is 17.7 Å². The highest BCUT2D eigenvalue weighted by Gasteiger charge is 2.20. The monoisotopic (exact) mass is 428 g/mol. The van der Waals surface area contributed by atoms with Gasteiger partial charge in [-0.15, -0.1) is 0 Å². The molecule has 0 amide bonds. The molecule has 0 aliphatic carbocycles. The molecule has 0 saturated carbocycles. The Morgan fingerprint density at radius 3 is 2.18 bits per heavy atom. The van der Waals surface area contributed by atoms with Crippen molar-refractivity contribution in [3.8, 4) is 11.8 Å². The predicted octanol–water partition coefficient (Wildman–Crippen LogP) is 6.37. The van der Waals surface area contributed by atoms with Crippen molar-refractivity contribution in [2.24, 2.45) is 0 Å². The Balaban J connectivity index is 2.00. The summed E-state index contributed by atoms with van der Waals surface area (Å²) in [6.45, 7) is 0. The van der Waals surface area contributed by atoms with E-state index in [2.05, 4.69) is 27.8 Å². The summed E-state index contributed by atoms with van der Waals surface area (Å²) >= 11 is 3.50. The number of hydrogen-bond acceptors (Lipinski definition) is 1. The van der Waals surface area contributed by atoms with Crippen molar-refractivity contribution in [1.29, 1.82) is 0 Å². The zero-order valence-electron chi connectivity index (χ0n) is 14.7. The van der Waals surface area contributed by atoms with Gasteiger partial charge in [-0.05, 0) is 45.6 Å². The van der Waals surface area contributed by atoms with Crippen LogP contribution in [0.4, 0.5) is 4.39 Å². The quantitative estimate of drug-likeness (QED) is 0.267. The Hall–Kier alpha value is -3.22. The molecule has 134 valence electrons. The first-order chi connectivity index (χ1) is 13.6. The van der Waals surface area contributed by atoms with Gasteiger partial charge in [-0.25, -0.2) is 4.39 Å². The molecule has 0 spiro atoms. The molecule has 0 aliphatic rings. The zero-order chi connectivity index (χ0) is 19.5. The number of rotatable bonds is 2. The van der Waals surface area contributed by atoms with Crippen molar-refractivity contribution in [2.75, 3.05) is 0 Å². The van der Waals surface area contributed by atoms with Gasteiger partial charge in [-0.1, -0.05) is 72.5 Å². The average Bonchev–Trinajstić information content (AvgIpc) is 2.73. The standard InChI is InChI=1S/C25H14BrFO/c26-22-16-21-19(12-7-13-23(21)27)24(25(28)18-10-5-2-6-11-18)20(22)15-14-17-8-3-1-4-9-17/h1-13,16H. The second kappa shape index (κ2) is 7.80. The minimum atomic E-state index is -0.372. The van der Waals surface area contributed by atoms with Crippen molar-refractivity contribution < 1.29 is 9.18 Å². The summed E-state index contributed by atoms with van der Waals surface area (Å²) in [6.07, 6.45) is 0. The van der Waals surface area contributed by atoms with Crippen LogP contribution in [0.1, 0.15) is 27.0 Å². The summed E-state index contributed by atoms with van der Waals surface area (Å²) in [5.41, 5.74) is 2.33. The molecule has 0 fully saturated rings. The normalized spacial score (nSPS) is 10.4. The summed E-state index contributed by atoms with van der Waals surface area (Å²) in [4.78, 5) is 13.3. The van der Waals surface area contributed by atoms with Crippen molar-refractivity contribution >= 4 is 32.5 Å². The highest BCUT2D eigenvalue weighted by atomic mass is 79.9. The first kappa shape index (κ1) is 18.2. The third kappa shape index (κ3) is 3.47. The van der Waals surface area contributed by atoms with Crippen LogP contribution in [0.25, 0.3) is 10.8 Å². The number of fused-ring (bicyclic) bond motifs is 1. The molecule has 0 unspecified atom stereocenters. The Morgan fingerprint density at radius 1 is 0.786 bits per heavy atom. The van der Waals surface area contributed by atoms with Gasteiger partial charge in [0.15, 0.2) is 5.78 Å². The average molecular weight is 429 g/mol. The lowest BCUT2D eigenvalue weighted by Crippen LogP contribution is -2.06. The molecule has 0 aromatic heterocycles. The first-order valence-corrected chi connectivity index (χ1v) is 9.52. The molecule has 0 atom stereocenters. The van der Waals surface area contributed by atoms with E-state index in [0.717, 1.165) is 5.56 Å². The maximum Gasteiger partial charge on any atom is 0.194 e. The Bertz CT molecular complexity index is 1240. The summed E-state index contributed by atoms with van der Waals surface area (Å²) < 4.78 is 15.0. The van der Waals surface area contributed by atoms with E-state index in [1.165, 1.54) is 6.07 Å². The Morgan fingerprint density at radius 2 is 1.46 bits per heavy atom. The van der Waals surface area contributed by atoms with Crippen LogP contribution in [-0.4, -0.2) is 5.78 Å². The lowest BCUT2D eigenvalue weighted by atomic mass is 9.92. The number of halogens is 2. The van der Waals surface area contributed by atoms with Gasteiger partial charge in [0.05, 0.1) is 5.56 Å². The number of hydrogen-bond donors (Lipinski definition) is 0. The van der Waals surface area contributed by atoms with E-state index < -0.39 is 0 Å². The minimum absolute atomic E-state index is 0.185. The van der Waals surface area contributed by atoms with E-state index >= 15 is 0 Å². The number of benzene rings is 4. The maximum absolute atomic E-state index is 14.4. The molecule has 4 aromatic carbocycles. The predicted molar refractivity (Wildman–Crippen MR) is 114 cm³/mol. The van der Waals surface area contributed by atoms with Crippen LogP contribution in [0.3, 0.4) is 0 Å². The van der Waals surface area contributed by atoms with Gasteiger partial charge < -0.3 is 0 Å². The van der Waals surface area contributed by atoms with Crippen molar-refractivity contribution in [2.45, 2.75) is 0 Å². The topological polar surface area (TPSA) is 17.1 Å². The van der Waals surface area contributed by atoms with E-state index in [0.29, 0.717) is 31.9 Å². The van der Waals surface area contributed by atoms with Crippen LogP contribution in [0.15, 0.2) is 89.4 Å². The van der Waals surface area contributed by atoms with Gasteiger partial charge in [0.2, 0.25) is 0 Å². The molecule has 4 rings (SSSR count). The SMILES string of the molecule is O=C(c1ccccc1)c1c(C#Cc2ccccc2)c(Br)cc2c(F)cccc12. The molecule has 0 heterocycles. The number of ketones is 1.